The van der Waals surface area contributed by atoms with Gasteiger partial charge in [-0.2, -0.15) is 5.10 Å². The average molecular weight is 236 g/mol. The molecule has 0 saturated carbocycles. The summed E-state index contributed by atoms with van der Waals surface area (Å²) in [6, 6.07) is 1.55. The van der Waals surface area contributed by atoms with Crippen molar-refractivity contribution in [3.63, 3.8) is 0 Å². The number of hydrogen-bond donors (Lipinski definition) is 1. The van der Waals surface area contributed by atoms with Crippen molar-refractivity contribution in [3.05, 3.63) is 18.0 Å². The van der Waals surface area contributed by atoms with Gasteiger partial charge in [-0.1, -0.05) is 6.42 Å². The summed E-state index contributed by atoms with van der Waals surface area (Å²) < 4.78 is 1.87. The summed E-state index contributed by atoms with van der Waals surface area (Å²) in [7, 11) is 1.97. The molecule has 0 spiro atoms. The van der Waals surface area contributed by atoms with Crippen molar-refractivity contribution >= 4 is 0 Å². The van der Waals surface area contributed by atoms with Crippen LogP contribution in [0.5, 0.6) is 0 Å². The molecule has 2 heterocycles. The minimum atomic E-state index is 0.410. The fourth-order valence-electron chi connectivity index (χ4n) is 3.07. The quantitative estimate of drug-likeness (QED) is 0.868. The molecule has 0 aliphatic carbocycles. The van der Waals surface area contributed by atoms with Crippen LogP contribution in [0, 0.1) is 0 Å². The topological polar surface area (TPSA) is 47.1 Å². The lowest BCUT2D eigenvalue weighted by molar-refractivity contribution is 0.0570. The standard InChI is InChI=1S/C13H24N4/c1-10-5-4-6-13(7-14)17(10)11(2)12-8-15-16(3)9-12/h8-11,13H,4-7,14H2,1-3H3. The molecule has 17 heavy (non-hydrogen) atoms. The van der Waals surface area contributed by atoms with E-state index in [1.807, 2.05) is 17.9 Å². The zero-order valence-electron chi connectivity index (χ0n) is 11.1. The summed E-state index contributed by atoms with van der Waals surface area (Å²) in [6.45, 7) is 5.34. The molecule has 4 nitrogen and oxygen atoms in total. The Kier molecular flexibility index (Phi) is 3.84. The number of nitrogens with two attached hydrogens (primary N) is 1. The first-order valence-electron chi connectivity index (χ1n) is 6.59. The van der Waals surface area contributed by atoms with Crippen LogP contribution in [0.3, 0.4) is 0 Å². The lowest BCUT2D eigenvalue weighted by atomic mass is 9.93. The van der Waals surface area contributed by atoms with Gasteiger partial charge < -0.3 is 5.73 Å². The van der Waals surface area contributed by atoms with Crippen LogP contribution in [-0.2, 0) is 7.05 Å². The second kappa shape index (κ2) is 5.19. The van der Waals surface area contributed by atoms with E-state index in [9.17, 15) is 0 Å². The summed E-state index contributed by atoms with van der Waals surface area (Å²) in [6.07, 6.45) is 7.89. The van der Waals surface area contributed by atoms with E-state index in [1.54, 1.807) is 0 Å². The molecule has 0 amide bonds. The SMILES string of the molecule is CC1CCCC(CN)N1C(C)c1cnn(C)c1. The lowest BCUT2D eigenvalue weighted by Gasteiger charge is -2.43. The Bertz CT molecular complexity index is 360. The molecule has 0 radical (unpaired) electrons. The molecule has 1 aliphatic heterocycles. The van der Waals surface area contributed by atoms with E-state index in [0.29, 0.717) is 18.1 Å². The molecular formula is C13H24N4. The Labute approximate surface area is 104 Å². The van der Waals surface area contributed by atoms with Crippen LogP contribution in [0.25, 0.3) is 0 Å². The number of likely N-dealkylation sites (tertiary alicyclic amines) is 1. The number of nitrogens with zero attached hydrogens (tertiary/aromatic N) is 3. The van der Waals surface area contributed by atoms with E-state index >= 15 is 0 Å². The van der Waals surface area contributed by atoms with Gasteiger partial charge in [-0.05, 0) is 26.7 Å². The predicted octanol–water partition coefficient (Wildman–Crippen LogP) is 1.68. The van der Waals surface area contributed by atoms with Gasteiger partial charge in [0.05, 0.1) is 6.20 Å². The number of aromatic nitrogens is 2. The smallest absolute Gasteiger partial charge is 0.0537 e. The van der Waals surface area contributed by atoms with Crippen molar-refractivity contribution in [1.29, 1.82) is 0 Å². The van der Waals surface area contributed by atoms with Crippen LogP contribution in [0.4, 0.5) is 0 Å². The second-order valence-corrected chi connectivity index (χ2v) is 5.24. The van der Waals surface area contributed by atoms with E-state index in [2.05, 4.69) is 30.0 Å². The summed E-state index contributed by atoms with van der Waals surface area (Å²) >= 11 is 0. The van der Waals surface area contributed by atoms with Crippen molar-refractivity contribution in [1.82, 2.24) is 14.7 Å². The summed E-state index contributed by atoms with van der Waals surface area (Å²) in [5.41, 5.74) is 7.21. The van der Waals surface area contributed by atoms with E-state index < -0.39 is 0 Å². The minimum Gasteiger partial charge on any atom is -0.329 e. The van der Waals surface area contributed by atoms with Crippen molar-refractivity contribution in [2.24, 2.45) is 12.8 Å². The third-order valence-corrected chi connectivity index (χ3v) is 4.02. The first-order valence-corrected chi connectivity index (χ1v) is 6.59. The molecule has 1 fully saturated rings. The molecule has 0 bridgehead atoms. The van der Waals surface area contributed by atoms with Crippen molar-refractivity contribution in [2.75, 3.05) is 6.54 Å². The van der Waals surface area contributed by atoms with Gasteiger partial charge in [-0.25, -0.2) is 0 Å². The molecule has 0 aromatic carbocycles. The van der Waals surface area contributed by atoms with Gasteiger partial charge in [0, 0.05) is 43.5 Å². The van der Waals surface area contributed by atoms with Crippen molar-refractivity contribution in [2.45, 2.75) is 51.2 Å². The third kappa shape index (κ3) is 2.53. The zero-order chi connectivity index (χ0) is 12.4. The number of rotatable bonds is 3. The Morgan fingerprint density at radius 1 is 1.53 bits per heavy atom. The maximum absolute atomic E-state index is 5.91. The van der Waals surface area contributed by atoms with Gasteiger partial charge in [-0.3, -0.25) is 9.58 Å². The Hall–Kier alpha value is -0.870. The first kappa shape index (κ1) is 12.6. The van der Waals surface area contributed by atoms with Crippen molar-refractivity contribution < 1.29 is 0 Å². The molecular weight excluding hydrogens is 212 g/mol. The van der Waals surface area contributed by atoms with Crippen LogP contribution < -0.4 is 5.73 Å². The molecule has 1 aliphatic rings. The number of piperidine rings is 1. The highest BCUT2D eigenvalue weighted by atomic mass is 15.3. The first-order chi connectivity index (χ1) is 8.13. The molecule has 96 valence electrons. The maximum Gasteiger partial charge on any atom is 0.0537 e. The van der Waals surface area contributed by atoms with Crippen molar-refractivity contribution in [3.8, 4) is 0 Å². The highest BCUT2D eigenvalue weighted by molar-refractivity contribution is 5.11. The highest BCUT2D eigenvalue weighted by Gasteiger charge is 2.31. The summed E-state index contributed by atoms with van der Waals surface area (Å²) in [5, 5.41) is 4.27. The van der Waals surface area contributed by atoms with E-state index in [0.717, 1.165) is 6.54 Å². The molecule has 4 heteroatoms. The van der Waals surface area contributed by atoms with Crippen LogP contribution in [-0.4, -0.2) is 33.3 Å². The normalized spacial score (nSPS) is 28.2. The highest BCUT2D eigenvalue weighted by Crippen LogP contribution is 2.31. The zero-order valence-corrected chi connectivity index (χ0v) is 11.1. The third-order valence-electron chi connectivity index (χ3n) is 4.02. The van der Waals surface area contributed by atoms with Gasteiger partial charge in [0.25, 0.3) is 0 Å². The fourth-order valence-corrected chi connectivity index (χ4v) is 3.07. The molecule has 3 unspecified atom stereocenters. The maximum atomic E-state index is 5.91. The van der Waals surface area contributed by atoms with E-state index in [4.69, 9.17) is 5.73 Å². The summed E-state index contributed by atoms with van der Waals surface area (Å²) in [5.74, 6) is 0. The van der Waals surface area contributed by atoms with Crippen LogP contribution in [0.2, 0.25) is 0 Å². The van der Waals surface area contributed by atoms with Gasteiger partial charge in [0.2, 0.25) is 0 Å². The minimum absolute atomic E-state index is 0.410. The molecule has 3 atom stereocenters. The fraction of sp³-hybridized carbons (Fsp3) is 0.769. The Morgan fingerprint density at radius 2 is 2.29 bits per heavy atom. The van der Waals surface area contributed by atoms with E-state index in [-0.39, 0.29) is 0 Å². The number of hydrogen-bond acceptors (Lipinski definition) is 3. The molecule has 2 N–H and O–H groups in total. The van der Waals surface area contributed by atoms with Gasteiger partial charge in [0.15, 0.2) is 0 Å². The Balaban J connectivity index is 2.17. The van der Waals surface area contributed by atoms with Gasteiger partial charge >= 0.3 is 0 Å². The average Bonchev–Trinajstić information content (AvgIpc) is 2.74. The predicted molar refractivity (Wildman–Crippen MR) is 69.6 cm³/mol. The van der Waals surface area contributed by atoms with Gasteiger partial charge in [-0.15, -0.1) is 0 Å². The van der Waals surface area contributed by atoms with E-state index in [1.165, 1.54) is 24.8 Å². The molecule has 2 rings (SSSR count). The Morgan fingerprint density at radius 3 is 2.88 bits per heavy atom. The number of aryl methyl sites for hydroxylation is 1. The van der Waals surface area contributed by atoms with Crippen LogP contribution in [0.1, 0.15) is 44.7 Å². The molecule has 1 saturated heterocycles. The van der Waals surface area contributed by atoms with Gasteiger partial charge in [0.1, 0.15) is 0 Å². The largest absolute Gasteiger partial charge is 0.329 e. The second-order valence-electron chi connectivity index (χ2n) is 5.24. The molecule has 1 aromatic heterocycles. The van der Waals surface area contributed by atoms with Crippen LogP contribution in [0.15, 0.2) is 12.4 Å². The summed E-state index contributed by atoms with van der Waals surface area (Å²) in [4.78, 5) is 2.57. The molecule has 1 aromatic rings. The van der Waals surface area contributed by atoms with Crippen LogP contribution >= 0.6 is 0 Å². The monoisotopic (exact) mass is 236 g/mol. The lowest BCUT2D eigenvalue weighted by Crippen LogP contribution is -2.49.